The number of nitrogens with zero attached hydrogens (tertiary/aromatic N) is 3. The van der Waals surface area contributed by atoms with Gasteiger partial charge in [-0.05, 0) is 39.8 Å². The van der Waals surface area contributed by atoms with Crippen LogP contribution in [0.3, 0.4) is 0 Å². The van der Waals surface area contributed by atoms with Crippen LogP contribution in [-0.4, -0.2) is 66.9 Å². The number of likely N-dealkylation sites (tertiary alicyclic amines) is 1. The maximum atomic E-state index is 11.9. The van der Waals surface area contributed by atoms with Crippen molar-refractivity contribution >= 4 is 5.97 Å². The van der Waals surface area contributed by atoms with E-state index < -0.39 is 5.97 Å². The topological polar surface area (TPSA) is 73.8 Å². The Morgan fingerprint density at radius 2 is 2.25 bits per heavy atom. The van der Waals surface area contributed by atoms with Crippen molar-refractivity contribution < 1.29 is 19.0 Å². The molecule has 7 heteroatoms. The number of ether oxygens (including phenoxy) is 3. The van der Waals surface area contributed by atoms with E-state index in [4.69, 9.17) is 14.2 Å². The van der Waals surface area contributed by atoms with Crippen LogP contribution in [0.25, 0.3) is 0 Å². The third-order valence-electron chi connectivity index (χ3n) is 4.86. The summed E-state index contributed by atoms with van der Waals surface area (Å²) in [6.45, 7) is 4.45. The lowest BCUT2D eigenvalue weighted by atomic mass is 10.0. The summed E-state index contributed by atoms with van der Waals surface area (Å²) in [6.07, 6.45) is 3.16. The van der Waals surface area contributed by atoms with Gasteiger partial charge in [-0.1, -0.05) is 0 Å². The summed E-state index contributed by atoms with van der Waals surface area (Å²) in [6, 6.07) is 2.19. The predicted molar refractivity (Wildman–Crippen MR) is 87.3 cm³/mol. The highest BCUT2D eigenvalue weighted by Crippen LogP contribution is 2.27. The van der Waals surface area contributed by atoms with Crippen molar-refractivity contribution in [1.82, 2.24) is 14.9 Å². The second kappa shape index (κ2) is 7.44. The molecule has 3 atom stereocenters. The van der Waals surface area contributed by atoms with E-state index in [1.165, 1.54) is 13.5 Å². The van der Waals surface area contributed by atoms with Crippen molar-refractivity contribution in [1.29, 1.82) is 0 Å². The lowest BCUT2D eigenvalue weighted by molar-refractivity contribution is 0.0581. The van der Waals surface area contributed by atoms with Crippen LogP contribution in [0.15, 0.2) is 6.07 Å². The molecule has 0 radical (unpaired) electrons. The third kappa shape index (κ3) is 3.67. The average Bonchev–Trinajstić information content (AvgIpc) is 3.25. The zero-order valence-electron chi connectivity index (χ0n) is 14.5. The van der Waals surface area contributed by atoms with Gasteiger partial charge in [0.2, 0.25) is 11.7 Å². The van der Waals surface area contributed by atoms with Crippen molar-refractivity contribution in [3.05, 3.63) is 17.6 Å². The molecule has 2 aliphatic rings. The van der Waals surface area contributed by atoms with Crippen LogP contribution in [0.2, 0.25) is 0 Å². The normalized spacial score (nSPS) is 25.6. The Labute approximate surface area is 142 Å². The number of hydrogen-bond acceptors (Lipinski definition) is 7. The largest absolute Gasteiger partial charge is 0.473 e. The molecule has 0 unspecified atom stereocenters. The average molecular weight is 335 g/mol. The van der Waals surface area contributed by atoms with Crippen LogP contribution in [0.5, 0.6) is 5.88 Å². The van der Waals surface area contributed by atoms with E-state index in [-0.39, 0.29) is 17.8 Å². The minimum absolute atomic E-state index is 0.00873. The van der Waals surface area contributed by atoms with Crippen LogP contribution in [0.4, 0.5) is 0 Å². The quantitative estimate of drug-likeness (QED) is 0.757. The van der Waals surface area contributed by atoms with Crippen LogP contribution >= 0.6 is 0 Å². The van der Waals surface area contributed by atoms with Gasteiger partial charge in [0, 0.05) is 24.6 Å². The smallest absolute Gasteiger partial charge is 0.376 e. The van der Waals surface area contributed by atoms with Gasteiger partial charge in [-0.15, -0.1) is 0 Å². The third-order valence-corrected chi connectivity index (χ3v) is 4.86. The Kier molecular flexibility index (Phi) is 5.30. The Morgan fingerprint density at radius 3 is 2.88 bits per heavy atom. The van der Waals surface area contributed by atoms with Crippen molar-refractivity contribution in [2.45, 2.75) is 44.2 Å². The Bertz CT molecular complexity index is 589. The first-order valence-corrected chi connectivity index (χ1v) is 8.50. The highest BCUT2D eigenvalue weighted by atomic mass is 16.5. The zero-order valence-corrected chi connectivity index (χ0v) is 14.5. The molecular weight excluding hydrogens is 310 g/mol. The summed E-state index contributed by atoms with van der Waals surface area (Å²) in [5.41, 5.74) is 0.782. The summed E-state index contributed by atoms with van der Waals surface area (Å²) in [5, 5.41) is 0. The first-order valence-electron chi connectivity index (χ1n) is 8.50. The second-order valence-corrected chi connectivity index (χ2v) is 6.52. The van der Waals surface area contributed by atoms with Crippen molar-refractivity contribution in [2.24, 2.45) is 0 Å². The van der Waals surface area contributed by atoms with Gasteiger partial charge in [0.15, 0.2) is 0 Å². The van der Waals surface area contributed by atoms with Gasteiger partial charge in [-0.3, -0.25) is 4.90 Å². The number of aromatic nitrogens is 2. The van der Waals surface area contributed by atoms with Crippen molar-refractivity contribution in [2.75, 3.05) is 33.9 Å². The number of carbonyl (C=O) groups is 1. The summed E-state index contributed by atoms with van der Waals surface area (Å²) in [7, 11) is 3.44. The van der Waals surface area contributed by atoms with E-state index in [0.29, 0.717) is 25.1 Å². The molecule has 3 heterocycles. The van der Waals surface area contributed by atoms with E-state index in [2.05, 4.69) is 21.9 Å². The van der Waals surface area contributed by atoms with Crippen LogP contribution in [0, 0.1) is 0 Å². The highest BCUT2D eigenvalue weighted by Gasteiger charge is 2.29. The fraction of sp³-hybridized carbons (Fsp3) is 0.706. The Morgan fingerprint density at radius 1 is 1.42 bits per heavy atom. The number of hydrogen-bond donors (Lipinski definition) is 0. The Hall–Kier alpha value is -1.73. The molecule has 2 saturated heterocycles. The van der Waals surface area contributed by atoms with Gasteiger partial charge < -0.3 is 14.2 Å². The molecule has 0 bridgehead atoms. The first kappa shape index (κ1) is 17.1. The monoisotopic (exact) mass is 335 g/mol. The number of rotatable bonds is 5. The molecule has 2 fully saturated rings. The van der Waals surface area contributed by atoms with Crippen molar-refractivity contribution in [3.8, 4) is 5.88 Å². The molecule has 0 N–H and O–H groups in total. The SMILES string of the molecule is COC(=O)c1nc(O[C@@H](C)[C@@H]2CCCN2C)cc([C@@H]2CCOC2)n1. The number of esters is 1. The summed E-state index contributed by atoms with van der Waals surface area (Å²) in [4.78, 5) is 22.8. The van der Waals surface area contributed by atoms with Crippen molar-refractivity contribution in [3.63, 3.8) is 0 Å². The van der Waals surface area contributed by atoms with Gasteiger partial charge in [-0.25, -0.2) is 9.78 Å². The van der Waals surface area contributed by atoms with E-state index in [1.807, 2.05) is 13.0 Å². The fourth-order valence-corrected chi connectivity index (χ4v) is 3.46. The number of carbonyl (C=O) groups excluding carboxylic acids is 1. The summed E-state index contributed by atoms with van der Waals surface area (Å²) >= 11 is 0. The molecule has 24 heavy (non-hydrogen) atoms. The van der Waals surface area contributed by atoms with Gasteiger partial charge in [0.05, 0.1) is 19.4 Å². The van der Waals surface area contributed by atoms with Crippen LogP contribution in [-0.2, 0) is 9.47 Å². The minimum atomic E-state index is -0.550. The van der Waals surface area contributed by atoms with Gasteiger partial charge in [0.25, 0.3) is 0 Å². The molecule has 7 nitrogen and oxygen atoms in total. The van der Waals surface area contributed by atoms with E-state index in [0.717, 1.165) is 25.1 Å². The molecule has 1 aromatic rings. The molecular formula is C17H25N3O4. The molecule has 1 aromatic heterocycles. The molecule has 0 spiro atoms. The van der Waals surface area contributed by atoms with E-state index in [9.17, 15) is 4.79 Å². The zero-order chi connectivity index (χ0) is 17.1. The predicted octanol–water partition coefficient (Wildman–Crippen LogP) is 1.63. The lowest BCUT2D eigenvalue weighted by Gasteiger charge is -2.26. The summed E-state index contributed by atoms with van der Waals surface area (Å²) < 4.78 is 16.3. The molecule has 132 valence electrons. The fourth-order valence-electron chi connectivity index (χ4n) is 3.46. The van der Waals surface area contributed by atoms with E-state index in [1.54, 1.807) is 0 Å². The van der Waals surface area contributed by atoms with Gasteiger partial charge >= 0.3 is 5.97 Å². The van der Waals surface area contributed by atoms with Gasteiger partial charge in [0.1, 0.15) is 6.10 Å². The molecule has 0 aliphatic carbocycles. The standard InChI is InChI=1S/C17H25N3O4/c1-11(14-5-4-7-20(14)2)24-15-9-13(12-6-8-23-10-12)18-16(19-15)17(21)22-3/h9,11-12,14H,4-8,10H2,1-3H3/t11-,12+,14-/m0/s1. The van der Waals surface area contributed by atoms with Crippen LogP contribution < -0.4 is 4.74 Å². The van der Waals surface area contributed by atoms with E-state index >= 15 is 0 Å². The molecule has 0 aromatic carbocycles. The Balaban J connectivity index is 1.82. The molecule has 2 aliphatic heterocycles. The highest BCUT2D eigenvalue weighted by molar-refractivity contribution is 5.85. The first-order chi connectivity index (χ1) is 11.6. The number of likely N-dealkylation sites (N-methyl/N-ethyl adjacent to an activating group) is 1. The molecule has 0 saturated carbocycles. The maximum absolute atomic E-state index is 11.9. The maximum Gasteiger partial charge on any atom is 0.376 e. The summed E-state index contributed by atoms with van der Waals surface area (Å²) in [5.74, 6) is 0.0958. The second-order valence-electron chi connectivity index (χ2n) is 6.52. The lowest BCUT2D eigenvalue weighted by Crippen LogP contribution is -2.38. The number of methoxy groups -OCH3 is 1. The molecule has 0 amide bonds. The minimum Gasteiger partial charge on any atom is -0.473 e. The van der Waals surface area contributed by atoms with Gasteiger partial charge in [-0.2, -0.15) is 4.98 Å². The van der Waals surface area contributed by atoms with Crippen LogP contribution in [0.1, 0.15) is 48.4 Å². The molecule has 3 rings (SSSR count).